The molecule has 2 rings (SSSR count). The molecule has 0 bridgehead atoms. The average Bonchev–Trinajstić information content (AvgIpc) is 2.79. The summed E-state index contributed by atoms with van der Waals surface area (Å²) in [5.41, 5.74) is 1.85. The Bertz CT molecular complexity index is 525. The summed E-state index contributed by atoms with van der Waals surface area (Å²) < 4.78 is 1.75. The van der Waals surface area contributed by atoms with Gasteiger partial charge in [-0.05, 0) is 30.3 Å². The minimum absolute atomic E-state index is 0.568. The van der Waals surface area contributed by atoms with Crippen LogP contribution in [0.15, 0.2) is 24.4 Å². The minimum Gasteiger partial charge on any atom is -0.311 e. The lowest BCUT2D eigenvalue weighted by Gasteiger charge is -2.04. The van der Waals surface area contributed by atoms with Gasteiger partial charge in [0, 0.05) is 16.6 Å². The molecule has 0 amide bonds. The fourth-order valence-electron chi connectivity index (χ4n) is 1.59. The quantitative estimate of drug-likeness (QED) is 0.918. The maximum atomic E-state index is 6.10. The van der Waals surface area contributed by atoms with E-state index in [1.165, 1.54) is 0 Å². The number of rotatable bonds is 5. The van der Waals surface area contributed by atoms with Crippen molar-refractivity contribution in [3.63, 3.8) is 0 Å². The molecule has 0 aliphatic carbocycles. The van der Waals surface area contributed by atoms with Crippen LogP contribution >= 0.6 is 23.2 Å². The number of hydrogen-bond acceptors (Lipinski definition) is 3. The lowest BCUT2D eigenvalue weighted by Crippen LogP contribution is -2.11. The zero-order valence-corrected chi connectivity index (χ0v) is 11.5. The Kier molecular flexibility index (Phi) is 4.58. The average molecular weight is 285 g/mol. The van der Waals surface area contributed by atoms with Crippen molar-refractivity contribution in [3.05, 3.63) is 45.7 Å². The molecule has 1 aromatic heterocycles. The molecule has 0 unspecified atom stereocenters. The summed E-state index contributed by atoms with van der Waals surface area (Å²) in [5.74, 6) is 0. The van der Waals surface area contributed by atoms with Crippen LogP contribution in [0, 0.1) is 0 Å². The number of halogens is 2. The third kappa shape index (κ3) is 3.45. The Morgan fingerprint density at radius 2 is 2.17 bits per heavy atom. The summed E-state index contributed by atoms with van der Waals surface area (Å²) in [6, 6.07) is 5.40. The van der Waals surface area contributed by atoms with E-state index in [0.29, 0.717) is 16.6 Å². The van der Waals surface area contributed by atoms with E-state index in [2.05, 4.69) is 22.6 Å². The first kappa shape index (κ1) is 13.3. The summed E-state index contributed by atoms with van der Waals surface area (Å²) in [6.07, 6.45) is 1.90. The van der Waals surface area contributed by atoms with Gasteiger partial charge in [-0.1, -0.05) is 35.3 Å². The molecule has 0 saturated carbocycles. The molecule has 0 aliphatic rings. The molecule has 0 saturated heterocycles. The number of nitrogens with one attached hydrogen (secondary N) is 1. The Labute approximate surface area is 116 Å². The Hall–Kier alpha value is -1.10. The zero-order valence-electron chi connectivity index (χ0n) is 10.0. The van der Waals surface area contributed by atoms with Crippen LogP contribution in [-0.4, -0.2) is 21.5 Å². The molecule has 4 nitrogen and oxygen atoms in total. The van der Waals surface area contributed by atoms with E-state index >= 15 is 0 Å². The molecular weight excluding hydrogens is 271 g/mol. The van der Waals surface area contributed by atoms with E-state index in [1.54, 1.807) is 16.8 Å². The highest BCUT2D eigenvalue weighted by Gasteiger charge is 2.05. The molecular formula is C12H14Cl2N4. The Morgan fingerprint density at radius 1 is 1.33 bits per heavy atom. The minimum atomic E-state index is 0.568. The second-order valence-electron chi connectivity index (χ2n) is 3.92. The number of benzene rings is 1. The molecule has 18 heavy (non-hydrogen) atoms. The topological polar surface area (TPSA) is 42.7 Å². The maximum Gasteiger partial charge on any atom is 0.0964 e. The first-order chi connectivity index (χ1) is 8.69. The van der Waals surface area contributed by atoms with E-state index in [4.69, 9.17) is 23.2 Å². The fourth-order valence-corrected chi connectivity index (χ4v) is 1.96. The standard InChI is InChI=1S/C12H14Cl2N4/c1-2-15-6-11-8-18(17-16-11)7-9-5-10(13)3-4-12(9)14/h3-5,8,15H,2,6-7H2,1H3. The van der Waals surface area contributed by atoms with Gasteiger partial charge in [0.2, 0.25) is 0 Å². The predicted octanol–water partition coefficient (Wildman–Crippen LogP) is 2.74. The van der Waals surface area contributed by atoms with Crippen LogP contribution in [0.1, 0.15) is 18.2 Å². The molecule has 96 valence electrons. The molecule has 1 aromatic carbocycles. The smallest absolute Gasteiger partial charge is 0.0964 e. The first-order valence-corrected chi connectivity index (χ1v) is 6.48. The highest BCUT2D eigenvalue weighted by atomic mass is 35.5. The Morgan fingerprint density at radius 3 is 2.94 bits per heavy atom. The molecule has 0 atom stereocenters. The first-order valence-electron chi connectivity index (χ1n) is 5.72. The fraction of sp³-hybridized carbons (Fsp3) is 0.333. The predicted molar refractivity (Wildman–Crippen MR) is 73.0 cm³/mol. The summed E-state index contributed by atoms with van der Waals surface area (Å²) in [6.45, 7) is 4.25. The van der Waals surface area contributed by atoms with Crippen LogP contribution in [0.4, 0.5) is 0 Å². The number of hydrogen-bond donors (Lipinski definition) is 1. The van der Waals surface area contributed by atoms with Crippen LogP contribution in [0.2, 0.25) is 10.0 Å². The highest BCUT2D eigenvalue weighted by molar-refractivity contribution is 6.33. The molecule has 0 fully saturated rings. The van der Waals surface area contributed by atoms with E-state index in [1.807, 2.05) is 12.3 Å². The second kappa shape index (κ2) is 6.18. The third-order valence-corrected chi connectivity index (χ3v) is 3.09. The van der Waals surface area contributed by atoms with E-state index in [-0.39, 0.29) is 0 Å². The molecule has 0 spiro atoms. The van der Waals surface area contributed by atoms with Gasteiger partial charge < -0.3 is 5.32 Å². The van der Waals surface area contributed by atoms with Gasteiger partial charge in [0.05, 0.1) is 18.4 Å². The van der Waals surface area contributed by atoms with E-state index in [9.17, 15) is 0 Å². The highest BCUT2D eigenvalue weighted by Crippen LogP contribution is 2.21. The summed E-state index contributed by atoms with van der Waals surface area (Å²) in [5, 5.41) is 12.7. The van der Waals surface area contributed by atoms with Gasteiger partial charge in [0.1, 0.15) is 0 Å². The lowest BCUT2D eigenvalue weighted by atomic mass is 10.2. The lowest BCUT2D eigenvalue weighted by molar-refractivity contribution is 0.648. The van der Waals surface area contributed by atoms with Crippen molar-refractivity contribution in [1.82, 2.24) is 20.3 Å². The third-order valence-electron chi connectivity index (χ3n) is 2.48. The van der Waals surface area contributed by atoms with Gasteiger partial charge in [-0.15, -0.1) is 5.10 Å². The molecule has 2 aromatic rings. The summed E-state index contributed by atoms with van der Waals surface area (Å²) in [7, 11) is 0. The molecule has 1 heterocycles. The van der Waals surface area contributed by atoms with Gasteiger partial charge >= 0.3 is 0 Å². The second-order valence-corrected chi connectivity index (χ2v) is 4.77. The Balaban J connectivity index is 2.08. The van der Waals surface area contributed by atoms with Gasteiger partial charge in [0.25, 0.3) is 0 Å². The monoisotopic (exact) mass is 284 g/mol. The number of nitrogens with zero attached hydrogens (tertiary/aromatic N) is 3. The molecule has 0 radical (unpaired) electrons. The zero-order chi connectivity index (χ0) is 13.0. The largest absolute Gasteiger partial charge is 0.311 e. The van der Waals surface area contributed by atoms with Crippen LogP contribution in [0.5, 0.6) is 0 Å². The van der Waals surface area contributed by atoms with Crippen LogP contribution in [0.3, 0.4) is 0 Å². The number of aromatic nitrogens is 3. The van der Waals surface area contributed by atoms with Crippen molar-refractivity contribution in [2.24, 2.45) is 0 Å². The van der Waals surface area contributed by atoms with Gasteiger partial charge in [-0.25, -0.2) is 4.68 Å². The van der Waals surface area contributed by atoms with Crippen LogP contribution in [-0.2, 0) is 13.1 Å². The SMILES string of the molecule is CCNCc1cn(Cc2cc(Cl)ccc2Cl)nn1. The molecule has 0 aliphatic heterocycles. The van der Waals surface area contributed by atoms with Crippen molar-refractivity contribution in [3.8, 4) is 0 Å². The molecule has 1 N–H and O–H groups in total. The maximum absolute atomic E-state index is 6.10. The van der Waals surface area contributed by atoms with Crippen molar-refractivity contribution < 1.29 is 0 Å². The van der Waals surface area contributed by atoms with Crippen molar-refractivity contribution in [2.45, 2.75) is 20.0 Å². The van der Waals surface area contributed by atoms with Gasteiger partial charge in [-0.3, -0.25) is 0 Å². The van der Waals surface area contributed by atoms with Crippen molar-refractivity contribution in [1.29, 1.82) is 0 Å². The van der Waals surface area contributed by atoms with Crippen molar-refractivity contribution in [2.75, 3.05) is 6.54 Å². The van der Waals surface area contributed by atoms with Gasteiger partial charge in [-0.2, -0.15) is 0 Å². The summed E-state index contributed by atoms with van der Waals surface area (Å²) >= 11 is 12.0. The molecule has 6 heteroatoms. The summed E-state index contributed by atoms with van der Waals surface area (Å²) in [4.78, 5) is 0. The van der Waals surface area contributed by atoms with E-state index < -0.39 is 0 Å². The van der Waals surface area contributed by atoms with Crippen LogP contribution < -0.4 is 5.32 Å². The van der Waals surface area contributed by atoms with Crippen molar-refractivity contribution >= 4 is 23.2 Å². The normalized spacial score (nSPS) is 10.8. The van der Waals surface area contributed by atoms with E-state index in [0.717, 1.165) is 24.3 Å². The van der Waals surface area contributed by atoms with Gasteiger partial charge in [0.15, 0.2) is 0 Å². The van der Waals surface area contributed by atoms with Crippen LogP contribution in [0.25, 0.3) is 0 Å².